The number of allylic oxidation sites excluding steroid dienone is 1. The summed E-state index contributed by atoms with van der Waals surface area (Å²) in [4.78, 5) is 2.19. The number of hydrogen-bond acceptors (Lipinski definition) is 4. The first kappa shape index (κ1) is 16.8. The summed E-state index contributed by atoms with van der Waals surface area (Å²) in [6.07, 6.45) is 4.10. The standard InChI is InChI=1S/C27H19NO3/c1-3-7-16-14-23(29-15(16)2)28-17-8-4-10-19-24(17)27-25-18(28)9-5-11-20(25)31-22-13-6-12-21(30-19)26(22)27/h3-14,27H,1-2H3/b7-3-. The van der Waals surface area contributed by atoms with Crippen LogP contribution in [0, 0.1) is 6.92 Å². The summed E-state index contributed by atoms with van der Waals surface area (Å²) in [6.45, 7) is 4.02. The molecule has 0 amide bonds. The minimum absolute atomic E-state index is 0.0772. The van der Waals surface area contributed by atoms with Gasteiger partial charge in [0.05, 0.1) is 17.3 Å². The highest BCUT2D eigenvalue weighted by molar-refractivity contribution is 5.90. The van der Waals surface area contributed by atoms with E-state index in [1.807, 2.05) is 62.4 Å². The monoisotopic (exact) mass is 405 g/mol. The lowest BCUT2D eigenvalue weighted by Gasteiger charge is -2.42. The van der Waals surface area contributed by atoms with Gasteiger partial charge in [-0.3, -0.25) is 4.90 Å². The van der Waals surface area contributed by atoms with Gasteiger partial charge < -0.3 is 13.9 Å². The Balaban J connectivity index is 1.56. The molecule has 4 aromatic rings. The topological polar surface area (TPSA) is 34.8 Å². The number of benzene rings is 3. The predicted octanol–water partition coefficient (Wildman–Crippen LogP) is 7.80. The van der Waals surface area contributed by atoms with Crippen LogP contribution in [0.3, 0.4) is 0 Å². The van der Waals surface area contributed by atoms with Crippen molar-refractivity contribution in [3.8, 4) is 23.0 Å². The van der Waals surface area contributed by atoms with Gasteiger partial charge in [-0.25, -0.2) is 0 Å². The molecule has 0 fully saturated rings. The highest BCUT2D eigenvalue weighted by atomic mass is 16.5. The molecule has 4 nitrogen and oxygen atoms in total. The Morgan fingerprint density at radius 2 is 1.32 bits per heavy atom. The maximum atomic E-state index is 6.35. The minimum atomic E-state index is 0.0772. The van der Waals surface area contributed by atoms with E-state index in [0.717, 1.165) is 68.3 Å². The van der Waals surface area contributed by atoms with Crippen molar-refractivity contribution in [3.05, 3.63) is 94.8 Å². The van der Waals surface area contributed by atoms with Gasteiger partial charge in [0.15, 0.2) is 0 Å². The van der Waals surface area contributed by atoms with Crippen molar-refractivity contribution in [1.82, 2.24) is 0 Å². The summed E-state index contributed by atoms with van der Waals surface area (Å²) in [7, 11) is 0. The normalized spacial score (nSPS) is 15.0. The van der Waals surface area contributed by atoms with Crippen molar-refractivity contribution in [2.75, 3.05) is 4.90 Å². The van der Waals surface area contributed by atoms with Crippen LogP contribution in [0.1, 0.15) is 40.9 Å². The van der Waals surface area contributed by atoms with Crippen LogP contribution in [0.2, 0.25) is 0 Å². The molecule has 1 aromatic heterocycles. The van der Waals surface area contributed by atoms with Crippen LogP contribution in [0.4, 0.5) is 17.3 Å². The smallest absolute Gasteiger partial charge is 0.205 e. The molecule has 4 heteroatoms. The molecule has 0 spiro atoms. The van der Waals surface area contributed by atoms with Crippen molar-refractivity contribution in [1.29, 1.82) is 0 Å². The zero-order valence-electron chi connectivity index (χ0n) is 17.2. The number of furan rings is 1. The van der Waals surface area contributed by atoms with Crippen molar-refractivity contribution in [2.45, 2.75) is 19.8 Å². The minimum Gasteiger partial charge on any atom is -0.457 e. The third kappa shape index (κ3) is 2.09. The van der Waals surface area contributed by atoms with E-state index in [4.69, 9.17) is 13.9 Å². The molecule has 3 aromatic carbocycles. The van der Waals surface area contributed by atoms with E-state index >= 15 is 0 Å². The van der Waals surface area contributed by atoms with E-state index < -0.39 is 0 Å². The largest absolute Gasteiger partial charge is 0.457 e. The lowest BCUT2D eigenvalue weighted by Crippen LogP contribution is -2.27. The predicted molar refractivity (Wildman–Crippen MR) is 120 cm³/mol. The third-order valence-corrected chi connectivity index (χ3v) is 6.41. The van der Waals surface area contributed by atoms with Crippen molar-refractivity contribution >= 4 is 23.3 Å². The Kier molecular flexibility index (Phi) is 3.16. The summed E-state index contributed by atoms with van der Waals surface area (Å²) >= 11 is 0. The molecule has 0 saturated carbocycles. The van der Waals surface area contributed by atoms with Crippen LogP contribution in [-0.2, 0) is 0 Å². The molecule has 3 aliphatic heterocycles. The Morgan fingerprint density at radius 1 is 0.774 bits per heavy atom. The van der Waals surface area contributed by atoms with Gasteiger partial charge in [0.2, 0.25) is 5.88 Å². The first-order chi connectivity index (χ1) is 15.2. The van der Waals surface area contributed by atoms with Gasteiger partial charge in [-0.1, -0.05) is 30.4 Å². The molecule has 0 aliphatic carbocycles. The second-order valence-corrected chi connectivity index (χ2v) is 8.11. The van der Waals surface area contributed by atoms with E-state index in [0.29, 0.717) is 0 Å². The van der Waals surface area contributed by atoms with E-state index in [9.17, 15) is 0 Å². The lowest BCUT2D eigenvalue weighted by atomic mass is 9.76. The van der Waals surface area contributed by atoms with E-state index in [-0.39, 0.29) is 5.92 Å². The SMILES string of the molecule is C/C=C\c1cc(N2c3cccc4c3C3c5c(cccc5Oc5cccc2c53)O4)oc1C. The molecule has 4 heterocycles. The zero-order chi connectivity index (χ0) is 20.7. The van der Waals surface area contributed by atoms with Crippen LogP contribution in [0.25, 0.3) is 6.08 Å². The Hall–Kier alpha value is -3.92. The summed E-state index contributed by atoms with van der Waals surface area (Å²) in [5.41, 5.74) is 6.66. The molecule has 0 saturated heterocycles. The number of anilines is 3. The average Bonchev–Trinajstić information content (AvgIpc) is 3.14. The summed E-state index contributed by atoms with van der Waals surface area (Å²) in [5.74, 6) is 5.26. The Morgan fingerprint density at radius 3 is 1.90 bits per heavy atom. The first-order valence-corrected chi connectivity index (χ1v) is 10.5. The fourth-order valence-corrected chi connectivity index (χ4v) is 5.17. The average molecular weight is 405 g/mol. The fourth-order valence-electron chi connectivity index (χ4n) is 5.17. The van der Waals surface area contributed by atoms with Gasteiger partial charge in [-0.05, 0) is 50.2 Å². The van der Waals surface area contributed by atoms with Crippen LogP contribution >= 0.6 is 0 Å². The Bertz CT molecular complexity index is 1350. The Labute approximate surface area is 180 Å². The zero-order valence-corrected chi connectivity index (χ0v) is 17.2. The second-order valence-electron chi connectivity index (χ2n) is 8.11. The van der Waals surface area contributed by atoms with Gasteiger partial charge in [-0.15, -0.1) is 0 Å². The molecule has 31 heavy (non-hydrogen) atoms. The van der Waals surface area contributed by atoms with Gasteiger partial charge in [0.1, 0.15) is 28.8 Å². The molecule has 7 rings (SSSR count). The molecule has 0 unspecified atom stereocenters. The van der Waals surface area contributed by atoms with Gasteiger partial charge in [0, 0.05) is 28.3 Å². The molecule has 0 radical (unpaired) electrons. The lowest BCUT2D eigenvalue weighted by molar-refractivity contribution is 0.408. The molecule has 0 atom stereocenters. The number of ether oxygens (including phenoxy) is 2. The maximum Gasteiger partial charge on any atom is 0.205 e. The maximum absolute atomic E-state index is 6.35. The van der Waals surface area contributed by atoms with Gasteiger partial charge in [-0.2, -0.15) is 0 Å². The molecular formula is C27H19NO3. The fraction of sp³-hybridized carbons (Fsp3) is 0.111. The van der Waals surface area contributed by atoms with Gasteiger partial charge in [0.25, 0.3) is 0 Å². The number of rotatable bonds is 2. The van der Waals surface area contributed by atoms with Crippen LogP contribution in [0.15, 0.2) is 71.2 Å². The quantitative estimate of drug-likeness (QED) is 0.294. The highest BCUT2D eigenvalue weighted by Gasteiger charge is 2.45. The van der Waals surface area contributed by atoms with Gasteiger partial charge >= 0.3 is 0 Å². The first-order valence-electron chi connectivity index (χ1n) is 10.5. The van der Waals surface area contributed by atoms with E-state index in [1.165, 1.54) is 0 Å². The highest BCUT2D eigenvalue weighted by Crippen LogP contribution is 2.64. The van der Waals surface area contributed by atoms with Crippen molar-refractivity contribution in [2.24, 2.45) is 0 Å². The summed E-state index contributed by atoms with van der Waals surface area (Å²) < 4.78 is 19.0. The van der Waals surface area contributed by atoms with Crippen LogP contribution < -0.4 is 14.4 Å². The molecular weight excluding hydrogens is 386 g/mol. The van der Waals surface area contributed by atoms with Crippen molar-refractivity contribution in [3.63, 3.8) is 0 Å². The molecule has 0 N–H and O–H groups in total. The van der Waals surface area contributed by atoms with E-state index in [1.54, 1.807) is 0 Å². The van der Waals surface area contributed by atoms with Crippen molar-refractivity contribution < 1.29 is 13.9 Å². The summed E-state index contributed by atoms with van der Waals surface area (Å²) in [5, 5.41) is 0. The second kappa shape index (κ2) is 5.82. The number of hydrogen-bond donors (Lipinski definition) is 0. The molecule has 0 bridgehead atoms. The molecule has 150 valence electrons. The number of nitrogens with zero attached hydrogens (tertiary/aromatic N) is 1. The molecule has 3 aliphatic rings. The van der Waals surface area contributed by atoms with E-state index in [2.05, 4.69) is 29.2 Å². The summed E-state index contributed by atoms with van der Waals surface area (Å²) in [6, 6.07) is 20.6. The third-order valence-electron chi connectivity index (χ3n) is 6.41. The number of aryl methyl sites for hydroxylation is 1. The van der Waals surface area contributed by atoms with Crippen LogP contribution in [0.5, 0.6) is 23.0 Å². The van der Waals surface area contributed by atoms with Crippen LogP contribution in [-0.4, -0.2) is 0 Å².